The summed E-state index contributed by atoms with van der Waals surface area (Å²) in [4.78, 5) is 0. The van der Waals surface area contributed by atoms with Crippen molar-refractivity contribution < 1.29 is 5.11 Å². The molecule has 102 valence electrons. The SMILES string of the molecule is N#CCC(NCC1CCC(O)CC1)c1ccccc1. The molecule has 0 amide bonds. The van der Waals surface area contributed by atoms with Gasteiger partial charge in [0.1, 0.15) is 0 Å². The molecule has 1 aromatic carbocycles. The number of hydrogen-bond acceptors (Lipinski definition) is 3. The van der Waals surface area contributed by atoms with Crippen molar-refractivity contribution in [1.29, 1.82) is 5.26 Å². The standard InChI is InChI=1S/C16H22N2O/c17-11-10-16(14-4-2-1-3-5-14)18-12-13-6-8-15(19)9-7-13/h1-5,13,15-16,18-19H,6-10,12H2. The van der Waals surface area contributed by atoms with Crippen molar-refractivity contribution in [1.82, 2.24) is 5.32 Å². The number of benzene rings is 1. The molecule has 0 heterocycles. The Morgan fingerprint density at radius 1 is 1.21 bits per heavy atom. The van der Waals surface area contributed by atoms with Crippen molar-refractivity contribution in [3.63, 3.8) is 0 Å². The van der Waals surface area contributed by atoms with Gasteiger partial charge in [-0.1, -0.05) is 30.3 Å². The zero-order chi connectivity index (χ0) is 13.5. The van der Waals surface area contributed by atoms with Gasteiger partial charge in [0.25, 0.3) is 0 Å². The first-order valence-corrected chi connectivity index (χ1v) is 7.13. The number of aliphatic hydroxyl groups excluding tert-OH is 1. The number of nitriles is 1. The highest BCUT2D eigenvalue weighted by Crippen LogP contribution is 2.25. The van der Waals surface area contributed by atoms with Gasteiger partial charge in [0, 0.05) is 6.04 Å². The maximum Gasteiger partial charge on any atom is 0.0641 e. The van der Waals surface area contributed by atoms with Crippen LogP contribution in [0.15, 0.2) is 30.3 Å². The highest BCUT2D eigenvalue weighted by Gasteiger charge is 2.20. The molecule has 0 spiro atoms. The van der Waals surface area contributed by atoms with Gasteiger partial charge in [-0.05, 0) is 43.7 Å². The Bertz CT molecular complexity index is 405. The number of aliphatic hydroxyl groups is 1. The van der Waals surface area contributed by atoms with Gasteiger partial charge in [-0.3, -0.25) is 0 Å². The summed E-state index contributed by atoms with van der Waals surface area (Å²) in [6.45, 7) is 0.938. The number of hydrogen-bond donors (Lipinski definition) is 2. The van der Waals surface area contributed by atoms with E-state index in [0.717, 1.165) is 32.2 Å². The fourth-order valence-corrected chi connectivity index (χ4v) is 2.74. The summed E-state index contributed by atoms with van der Waals surface area (Å²) in [5, 5.41) is 22.0. The van der Waals surface area contributed by atoms with Crippen LogP contribution in [-0.2, 0) is 0 Å². The van der Waals surface area contributed by atoms with Crippen molar-refractivity contribution in [3.05, 3.63) is 35.9 Å². The van der Waals surface area contributed by atoms with E-state index in [-0.39, 0.29) is 12.1 Å². The van der Waals surface area contributed by atoms with Crippen molar-refractivity contribution in [3.8, 4) is 6.07 Å². The molecule has 0 radical (unpaired) electrons. The molecule has 0 saturated heterocycles. The highest BCUT2D eigenvalue weighted by atomic mass is 16.3. The molecule has 3 nitrogen and oxygen atoms in total. The van der Waals surface area contributed by atoms with Crippen molar-refractivity contribution in [2.45, 2.75) is 44.2 Å². The molecule has 2 rings (SSSR count). The monoisotopic (exact) mass is 258 g/mol. The van der Waals surface area contributed by atoms with Crippen LogP contribution in [-0.4, -0.2) is 17.8 Å². The molecule has 1 aliphatic carbocycles. The van der Waals surface area contributed by atoms with Crippen molar-refractivity contribution in [2.75, 3.05) is 6.54 Å². The number of nitrogens with zero attached hydrogens (tertiary/aromatic N) is 1. The summed E-state index contributed by atoms with van der Waals surface area (Å²) in [7, 11) is 0. The van der Waals surface area contributed by atoms with Gasteiger partial charge in [-0.2, -0.15) is 5.26 Å². The van der Waals surface area contributed by atoms with Crippen LogP contribution < -0.4 is 5.32 Å². The molecule has 1 aliphatic rings. The minimum atomic E-state index is -0.0970. The number of rotatable bonds is 5. The third-order valence-electron chi connectivity index (χ3n) is 3.97. The molecule has 2 N–H and O–H groups in total. The van der Waals surface area contributed by atoms with Gasteiger partial charge in [0.05, 0.1) is 18.6 Å². The maximum atomic E-state index is 9.50. The van der Waals surface area contributed by atoms with E-state index < -0.39 is 0 Å². The Labute approximate surface area is 115 Å². The lowest BCUT2D eigenvalue weighted by atomic mass is 9.87. The molecular formula is C16H22N2O. The normalized spacial score (nSPS) is 24.6. The van der Waals surface area contributed by atoms with Gasteiger partial charge in [0.15, 0.2) is 0 Å². The van der Waals surface area contributed by atoms with E-state index >= 15 is 0 Å². The smallest absolute Gasteiger partial charge is 0.0641 e. The molecule has 0 aromatic heterocycles. The average Bonchev–Trinajstić information content (AvgIpc) is 2.46. The van der Waals surface area contributed by atoms with Crippen LogP contribution in [0.5, 0.6) is 0 Å². The lowest BCUT2D eigenvalue weighted by Gasteiger charge is -2.27. The molecular weight excluding hydrogens is 236 g/mol. The van der Waals surface area contributed by atoms with Gasteiger partial charge in [-0.25, -0.2) is 0 Å². The Balaban J connectivity index is 1.86. The second-order valence-electron chi connectivity index (χ2n) is 5.41. The van der Waals surface area contributed by atoms with E-state index in [0.29, 0.717) is 12.3 Å². The predicted octanol–water partition coefficient (Wildman–Crippen LogP) is 2.78. The van der Waals surface area contributed by atoms with Gasteiger partial charge >= 0.3 is 0 Å². The van der Waals surface area contributed by atoms with Gasteiger partial charge in [0.2, 0.25) is 0 Å². The maximum absolute atomic E-state index is 9.50. The fraction of sp³-hybridized carbons (Fsp3) is 0.562. The molecule has 1 atom stereocenters. The van der Waals surface area contributed by atoms with E-state index in [9.17, 15) is 5.11 Å². The third kappa shape index (κ3) is 4.34. The first-order chi connectivity index (χ1) is 9.29. The van der Waals surface area contributed by atoms with Crippen LogP contribution in [0.1, 0.15) is 43.7 Å². The second kappa shape index (κ2) is 7.28. The van der Waals surface area contributed by atoms with Gasteiger partial charge < -0.3 is 10.4 Å². The van der Waals surface area contributed by atoms with Crippen LogP contribution >= 0.6 is 0 Å². The van der Waals surface area contributed by atoms with Crippen LogP contribution in [0.4, 0.5) is 0 Å². The lowest BCUT2D eigenvalue weighted by Crippen LogP contribution is -2.30. The first-order valence-electron chi connectivity index (χ1n) is 7.13. The molecule has 1 fully saturated rings. The lowest BCUT2D eigenvalue weighted by molar-refractivity contribution is 0.107. The summed E-state index contributed by atoms with van der Waals surface area (Å²) in [6.07, 6.45) is 4.41. The number of nitrogens with one attached hydrogen (secondary N) is 1. The summed E-state index contributed by atoms with van der Waals surface area (Å²) in [5.74, 6) is 0.633. The molecule has 0 aliphatic heterocycles. The molecule has 1 saturated carbocycles. The zero-order valence-electron chi connectivity index (χ0n) is 11.3. The Morgan fingerprint density at radius 3 is 2.53 bits per heavy atom. The molecule has 3 heteroatoms. The van der Waals surface area contributed by atoms with E-state index in [4.69, 9.17) is 5.26 Å². The predicted molar refractivity (Wildman–Crippen MR) is 75.4 cm³/mol. The van der Waals surface area contributed by atoms with Crippen LogP contribution in [0.3, 0.4) is 0 Å². The fourth-order valence-electron chi connectivity index (χ4n) is 2.74. The van der Waals surface area contributed by atoms with E-state index in [1.54, 1.807) is 0 Å². The van der Waals surface area contributed by atoms with Gasteiger partial charge in [-0.15, -0.1) is 0 Å². The minimum Gasteiger partial charge on any atom is -0.393 e. The summed E-state index contributed by atoms with van der Waals surface area (Å²) < 4.78 is 0. The molecule has 0 bridgehead atoms. The Hall–Kier alpha value is -1.37. The van der Waals surface area contributed by atoms with Crippen molar-refractivity contribution in [2.24, 2.45) is 5.92 Å². The molecule has 1 unspecified atom stereocenters. The molecule has 19 heavy (non-hydrogen) atoms. The van der Waals surface area contributed by atoms with Crippen LogP contribution in [0.25, 0.3) is 0 Å². The summed E-state index contributed by atoms with van der Waals surface area (Å²) in [6, 6.07) is 12.5. The Morgan fingerprint density at radius 2 is 1.89 bits per heavy atom. The van der Waals surface area contributed by atoms with Crippen LogP contribution in [0.2, 0.25) is 0 Å². The second-order valence-corrected chi connectivity index (χ2v) is 5.41. The van der Waals surface area contributed by atoms with Crippen LogP contribution in [0, 0.1) is 17.2 Å². The first kappa shape index (κ1) is 14.0. The van der Waals surface area contributed by atoms with E-state index in [1.165, 1.54) is 5.56 Å². The summed E-state index contributed by atoms with van der Waals surface area (Å²) >= 11 is 0. The zero-order valence-corrected chi connectivity index (χ0v) is 11.3. The topological polar surface area (TPSA) is 56.0 Å². The minimum absolute atomic E-state index is 0.0970. The Kier molecular flexibility index (Phi) is 5.38. The third-order valence-corrected chi connectivity index (χ3v) is 3.97. The summed E-state index contributed by atoms with van der Waals surface area (Å²) in [5.41, 5.74) is 1.18. The van der Waals surface area contributed by atoms with E-state index in [1.807, 2.05) is 18.2 Å². The molecule has 1 aromatic rings. The van der Waals surface area contributed by atoms with E-state index in [2.05, 4.69) is 23.5 Å². The highest BCUT2D eigenvalue weighted by molar-refractivity contribution is 5.19. The van der Waals surface area contributed by atoms with Crippen molar-refractivity contribution >= 4 is 0 Å². The largest absolute Gasteiger partial charge is 0.393 e. The quantitative estimate of drug-likeness (QED) is 0.854. The average molecular weight is 258 g/mol.